The van der Waals surface area contributed by atoms with Crippen LogP contribution in [0.3, 0.4) is 0 Å². The van der Waals surface area contributed by atoms with Crippen molar-refractivity contribution in [2.75, 3.05) is 0 Å². The van der Waals surface area contributed by atoms with E-state index in [1.54, 1.807) is 0 Å². The van der Waals surface area contributed by atoms with E-state index in [1.807, 2.05) is 36.1 Å². The molecule has 0 aliphatic carbocycles. The van der Waals surface area contributed by atoms with Gasteiger partial charge in [-0.25, -0.2) is 0 Å². The van der Waals surface area contributed by atoms with Crippen molar-refractivity contribution in [2.24, 2.45) is 7.05 Å². The Hall–Kier alpha value is -1.68. The lowest BCUT2D eigenvalue weighted by Gasteiger charge is -2.13. The maximum Gasteiger partial charge on any atom is 0.0641 e. The van der Waals surface area contributed by atoms with Gasteiger partial charge in [0.15, 0.2) is 0 Å². The van der Waals surface area contributed by atoms with Crippen LogP contribution in [0.5, 0.6) is 0 Å². The molecule has 96 valence electrons. The zero-order valence-corrected chi connectivity index (χ0v) is 11.4. The van der Waals surface area contributed by atoms with Gasteiger partial charge >= 0.3 is 0 Å². The monoisotopic (exact) mass is 244 g/mol. The molecule has 2 rings (SSSR count). The lowest BCUT2D eigenvalue weighted by molar-refractivity contribution is 0.559. The van der Waals surface area contributed by atoms with Gasteiger partial charge in [0.05, 0.1) is 11.4 Å². The predicted molar refractivity (Wildman–Crippen MR) is 72.2 cm³/mol. The van der Waals surface area contributed by atoms with Gasteiger partial charge in [-0.2, -0.15) is 5.10 Å². The third-order valence-corrected chi connectivity index (χ3v) is 3.38. The molecule has 2 aromatic rings. The minimum absolute atomic E-state index is 0.241. The van der Waals surface area contributed by atoms with Crippen molar-refractivity contribution < 1.29 is 0 Å². The largest absolute Gasteiger partial charge is 0.305 e. The molecule has 0 aromatic carbocycles. The summed E-state index contributed by atoms with van der Waals surface area (Å²) in [7, 11) is 1.98. The van der Waals surface area contributed by atoms with E-state index in [-0.39, 0.29) is 6.04 Å². The topological polar surface area (TPSA) is 42.7 Å². The van der Waals surface area contributed by atoms with Crippen molar-refractivity contribution in [1.82, 2.24) is 20.1 Å². The van der Waals surface area contributed by atoms with Crippen LogP contribution < -0.4 is 5.32 Å². The minimum atomic E-state index is 0.241. The van der Waals surface area contributed by atoms with Gasteiger partial charge in [-0.3, -0.25) is 9.67 Å². The second-order valence-electron chi connectivity index (χ2n) is 4.63. The van der Waals surface area contributed by atoms with Crippen LogP contribution in [-0.2, 0) is 13.6 Å². The molecule has 2 heterocycles. The molecule has 0 unspecified atom stereocenters. The number of nitrogens with zero attached hydrogens (tertiary/aromatic N) is 3. The molecule has 4 nitrogen and oxygen atoms in total. The number of hydrogen-bond acceptors (Lipinski definition) is 3. The average Bonchev–Trinajstić information content (AvgIpc) is 2.62. The second kappa shape index (κ2) is 5.31. The molecule has 0 radical (unpaired) electrons. The Morgan fingerprint density at radius 1 is 1.33 bits per heavy atom. The minimum Gasteiger partial charge on any atom is -0.305 e. The second-order valence-corrected chi connectivity index (χ2v) is 4.63. The average molecular weight is 244 g/mol. The lowest BCUT2D eigenvalue weighted by atomic mass is 10.1. The maximum atomic E-state index is 4.42. The smallest absolute Gasteiger partial charge is 0.0641 e. The third kappa shape index (κ3) is 2.59. The molecule has 4 heteroatoms. The standard InChI is InChI=1S/C14H20N4/c1-10-13(12(3)18(4)17-10)9-16-11(2)14-7-5-6-8-15-14/h5-8,11,16H,9H2,1-4H3/t11-/m1/s1. The van der Waals surface area contributed by atoms with Crippen LogP contribution in [0.4, 0.5) is 0 Å². The Balaban J connectivity index is 2.04. The molecule has 2 aromatic heterocycles. The molecular formula is C14H20N4. The number of aromatic nitrogens is 3. The first-order chi connectivity index (χ1) is 8.59. The van der Waals surface area contributed by atoms with Gasteiger partial charge in [0.2, 0.25) is 0 Å². The Labute approximate surface area is 108 Å². The van der Waals surface area contributed by atoms with E-state index in [0.29, 0.717) is 0 Å². The maximum absolute atomic E-state index is 4.42. The summed E-state index contributed by atoms with van der Waals surface area (Å²) in [5.41, 5.74) is 4.65. The van der Waals surface area contributed by atoms with E-state index < -0.39 is 0 Å². The van der Waals surface area contributed by atoms with Crippen molar-refractivity contribution in [3.8, 4) is 0 Å². The highest BCUT2D eigenvalue weighted by Crippen LogP contribution is 2.14. The third-order valence-electron chi connectivity index (χ3n) is 3.38. The van der Waals surface area contributed by atoms with Gasteiger partial charge < -0.3 is 5.32 Å². The molecule has 0 fully saturated rings. The molecule has 0 saturated carbocycles. The fourth-order valence-electron chi connectivity index (χ4n) is 2.07. The summed E-state index contributed by atoms with van der Waals surface area (Å²) < 4.78 is 1.93. The van der Waals surface area contributed by atoms with Gasteiger partial charge in [-0.1, -0.05) is 6.07 Å². The summed E-state index contributed by atoms with van der Waals surface area (Å²) in [6.45, 7) is 7.10. The summed E-state index contributed by atoms with van der Waals surface area (Å²) in [4.78, 5) is 4.36. The SMILES string of the molecule is Cc1nn(C)c(C)c1CN[C@H](C)c1ccccn1. The van der Waals surface area contributed by atoms with Crippen LogP contribution in [-0.4, -0.2) is 14.8 Å². The fourth-order valence-corrected chi connectivity index (χ4v) is 2.07. The first-order valence-electron chi connectivity index (χ1n) is 6.23. The molecule has 18 heavy (non-hydrogen) atoms. The van der Waals surface area contributed by atoms with E-state index >= 15 is 0 Å². The number of pyridine rings is 1. The highest BCUT2D eigenvalue weighted by atomic mass is 15.3. The zero-order valence-electron chi connectivity index (χ0n) is 11.4. The van der Waals surface area contributed by atoms with Crippen molar-refractivity contribution >= 4 is 0 Å². The van der Waals surface area contributed by atoms with Gasteiger partial charge in [0, 0.05) is 37.1 Å². The number of aryl methyl sites for hydroxylation is 2. The van der Waals surface area contributed by atoms with Crippen LogP contribution in [0.25, 0.3) is 0 Å². The van der Waals surface area contributed by atoms with E-state index in [4.69, 9.17) is 0 Å². The Morgan fingerprint density at radius 2 is 2.11 bits per heavy atom. The first kappa shape index (κ1) is 12.8. The Morgan fingerprint density at radius 3 is 2.67 bits per heavy atom. The highest BCUT2D eigenvalue weighted by molar-refractivity contribution is 5.24. The molecule has 0 aliphatic heterocycles. The van der Waals surface area contributed by atoms with Crippen LogP contribution >= 0.6 is 0 Å². The van der Waals surface area contributed by atoms with Crippen LogP contribution in [0.2, 0.25) is 0 Å². The fraction of sp³-hybridized carbons (Fsp3) is 0.429. The first-order valence-corrected chi connectivity index (χ1v) is 6.23. The normalized spacial score (nSPS) is 12.7. The van der Waals surface area contributed by atoms with Crippen molar-refractivity contribution in [3.05, 3.63) is 47.0 Å². The molecule has 1 N–H and O–H groups in total. The van der Waals surface area contributed by atoms with Crippen molar-refractivity contribution in [3.63, 3.8) is 0 Å². The molecule has 0 bridgehead atoms. The van der Waals surface area contributed by atoms with Crippen LogP contribution in [0.15, 0.2) is 24.4 Å². The number of nitrogens with one attached hydrogen (secondary N) is 1. The van der Waals surface area contributed by atoms with Gasteiger partial charge in [0.25, 0.3) is 0 Å². The summed E-state index contributed by atoms with van der Waals surface area (Å²) in [5.74, 6) is 0. The van der Waals surface area contributed by atoms with Gasteiger partial charge in [-0.05, 0) is 32.9 Å². The molecule has 0 amide bonds. The Bertz CT molecular complexity index is 516. The summed E-state index contributed by atoms with van der Waals surface area (Å²) in [6.07, 6.45) is 1.83. The van der Waals surface area contributed by atoms with E-state index in [9.17, 15) is 0 Å². The summed E-state index contributed by atoms with van der Waals surface area (Å²) >= 11 is 0. The number of rotatable bonds is 4. The van der Waals surface area contributed by atoms with Crippen molar-refractivity contribution in [2.45, 2.75) is 33.4 Å². The molecule has 1 atom stereocenters. The van der Waals surface area contributed by atoms with Gasteiger partial charge in [0.1, 0.15) is 0 Å². The van der Waals surface area contributed by atoms with E-state index in [2.05, 4.69) is 36.2 Å². The number of hydrogen-bond donors (Lipinski definition) is 1. The highest BCUT2D eigenvalue weighted by Gasteiger charge is 2.11. The molecule has 0 saturated heterocycles. The summed E-state index contributed by atoms with van der Waals surface area (Å²) in [5, 5.41) is 7.92. The van der Waals surface area contributed by atoms with E-state index in [1.165, 1.54) is 11.3 Å². The Kier molecular flexibility index (Phi) is 3.77. The quantitative estimate of drug-likeness (QED) is 0.897. The van der Waals surface area contributed by atoms with Crippen molar-refractivity contribution in [1.29, 1.82) is 0 Å². The van der Waals surface area contributed by atoms with E-state index in [0.717, 1.165) is 17.9 Å². The van der Waals surface area contributed by atoms with Crippen LogP contribution in [0, 0.1) is 13.8 Å². The lowest BCUT2D eigenvalue weighted by Crippen LogP contribution is -2.19. The molecule has 0 spiro atoms. The molecular weight excluding hydrogens is 224 g/mol. The molecule has 0 aliphatic rings. The summed E-state index contributed by atoms with van der Waals surface area (Å²) in [6, 6.07) is 6.23. The predicted octanol–water partition coefficient (Wildman–Crippen LogP) is 2.28. The van der Waals surface area contributed by atoms with Gasteiger partial charge in [-0.15, -0.1) is 0 Å². The van der Waals surface area contributed by atoms with Crippen LogP contribution in [0.1, 0.15) is 35.6 Å². The zero-order chi connectivity index (χ0) is 13.1.